The van der Waals surface area contributed by atoms with Crippen LogP contribution in [0.5, 0.6) is 0 Å². The Morgan fingerprint density at radius 1 is 1.19 bits per heavy atom. The Bertz CT molecular complexity index is 817. The summed E-state index contributed by atoms with van der Waals surface area (Å²) in [5, 5.41) is 10.3. The Kier molecular flexibility index (Phi) is 7.54. The van der Waals surface area contributed by atoms with Gasteiger partial charge in [0.15, 0.2) is 0 Å². The number of hydrogen-bond donors (Lipinski definition) is 2. The summed E-state index contributed by atoms with van der Waals surface area (Å²) >= 11 is 0. The molecule has 32 heavy (non-hydrogen) atoms. The van der Waals surface area contributed by atoms with Crippen LogP contribution in [0.25, 0.3) is 0 Å². The van der Waals surface area contributed by atoms with Crippen molar-refractivity contribution < 1.29 is 37.4 Å². The van der Waals surface area contributed by atoms with E-state index in [0.717, 1.165) is 18.4 Å². The van der Waals surface area contributed by atoms with Gasteiger partial charge in [-0.15, -0.1) is 0 Å². The molecule has 1 aromatic heterocycles. The van der Waals surface area contributed by atoms with Gasteiger partial charge in [0.1, 0.15) is 6.61 Å². The third-order valence-electron chi connectivity index (χ3n) is 5.69. The van der Waals surface area contributed by atoms with Gasteiger partial charge in [0.25, 0.3) is 0 Å². The summed E-state index contributed by atoms with van der Waals surface area (Å²) < 4.78 is 37.4. The van der Waals surface area contributed by atoms with Crippen molar-refractivity contribution in [2.24, 2.45) is 0 Å². The number of carboxylic acid groups (broad SMARTS) is 1. The maximum atomic E-state index is 12.5. The van der Waals surface area contributed by atoms with Gasteiger partial charge in [-0.05, 0) is 30.5 Å². The maximum Gasteiger partial charge on any atom is 0.490 e. The molecule has 0 unspecified atom stereocenters. The molecule has 2 saturated heterocycles. The molecule has 0 bridgehead atoms. The van der Waals surface area contributed by atoms with Crippen LogP contribution in [-0.4, -0.2) is 81.9 Å². The molecule has 9 nitrogen and oxygen atoms in total. The first-order valence-electron chi connectivity index (χ1n) is 10.3. The Morgan fingerprint density at radius 3 is 2.41 bits per heavy atom. The summed E-state index contributed by atoms with van der Waals surface area (Å²) in [6.07, 6.45) is 2.78. The monoisotopic (exact) mass is 458 g/mol. The molecule has 3 heterocycles. The molecule has 176 valence electrons. The first-order chi connectivity index (χ1) is 15.1. The lowest BCUT2D eigenvalue weighted by molar-refractivity contribution is -0.192. The fraction of sp³-hybridized carbons (Fsp3) is 0.600. The second kappa shape index (κ2) is 10.2. The number of alkyl halides is 3. The Hall–Kier alpha value is -2.89. The zero-order valence-electron chi connectivity index (χ0n) is 17.3. The van der Waals surface area contributed by atoms with Crippen LogP contribution in [0.2, 0.25) is 0 Å². The molecule has 1 saturated carbocycles. The SMILES string of the molecule is O=C(NC1CCCC1)N1C[C@@H]2[C@@H](C1)OCC(=O)N2Cc1ccncc1.O=C(O)C(F)(F)F. The molecule has 2 N–H and O–H groups in total. The molecule has 1 aromatic rings. The van der Waals surface area contributed by atoms with Gasteiger partial charge < -0.3 is 25.0 Å². The van der Waals surface area contributed by atoms with Gasteiger partial charge >= 0.3 is 18.2 Å². The number of nitrogens with zero attached hydrogens (tertiary/aromatic N) is 3. The molecular formula is C20H25F3N4O5. The summed E-state index contributed by atoms with van der Waals surface area (Å²) in [4.78, 5) is 41.5. The fourth-order valence-corrected chi connectivity index (χ4v) is 4.06. The van der Waals surface area contributed by atoms with Crippen LogP contribution >= 0.6 is 0 Å². The van der Waals surface area contributed by atoms with Crippen LogP contribution in [0, 0.1) is 0 Å². The van der Waals surface area contributed by atoms with E-state index in [1.165, 1.54) is 12.8 Å². The summed E-state index contributed by atoms with van der Waals surface area (Å²) in [5.41, 5.74) is 1.04. The molecule has 3 fully saturated rings. The number of carboxylic acids is 1. The zero-order chi connectivity index (χ0) is 23.3. The average Bonchev–Trinajstić information content (AvgIpc) is 3.40. The van der Waals surface area contributed by atoms with Crippen molar-refractivity contribution in [1.82, 2.24) is 20.1 Å². The molecule has 1 aliphatic carbocycles. The summed E-state index contributed by atoms with van der Waals surface area (Å²) in [6.45, 7) is 1.69. The van der Waals surface area contributed by atoms with Crippen LogP contribution in [-0.2, 0) is 20.9 Å². The average molecular weight is 458 g/mol. The van der Waals surface area contributed by atoms with Gasteiger partial charge in [0.05, 0.1) is 18.7 Å². The first kappa shape index (κ1) is 23.8. The maximum absolute atomic E-state index is 12.5. The zero-order valence-corrected chi connectivity index (χ0v) is 17.3. The van der Waals surface area contributed by atoms with Crippen LogP contribution in [0.3, 0.4) is 0 Å². The molecule has 2 aliphatic heterocycles. The Labute approximate surface area is 182 Å². The second-order valence-electron chi connectivity index (χ2n) is 7.93. The molecule has 2 atom stereocenters. The molecule has 3 aliphatic rings. The standard InChI is InChI=1S/C18H24N4O3.C2HF3O2/c23-17-12-25-16-11-21(18(24)20-14-3-1-2-4-14)10-15(16)22(17)9-13-5-7-19-8-6-13;3-2(4,5)1(6)7/h5-8,14-16H,1-4,9-12H2,(H,20,24);(H,6,7)/t15-,16-;/m1./s1. The van der Waals surface area contributed by atoms with E-state index >= 15 is 0 Å². The topological polar surface area (TPSA) is 112 Å². The number of carbonyl (C=O) groups is 3. The van der Waals surface area contributed by atoms with E-state index in [2.05, 4.69) is 10.3 Å². The lowest BCUT2D eigenvalue weighted by atomic mass is 10.1. The normalized spacial score (nSPS) is 23.4. The summed E-state index contributed by atoms with van der Waals surface area (Å²) in [6, 6.07) is 4.02. The number of morpholine rings is 1. The lowest BCUT2D eigenvalue weighted by Crippen LogP contribution is -2.53. The van der Waals surface area contributed by atoms with Crippen LogP contribution in [0.1, 0.15) is 31.2 Å². The fourth-order valence-electron chi connectivity index (χ4n) is 4.06. The van der Waals surface area contributed by atoms with Crippen LogP contribution in [0.15, 0.2) is 24.5 Å². The molecular weight excluding hydrogens is 433 g/mol. The van der Waals surface area contributed by atoms with Crippen molar-refractivity contribution in [2.75, 3.05) is 19.7 Å². The number of rotatable bonds is 3. The highest BCUT2D eigenvalue weighted by molar-refractivity contribution is 5.80. The summed E-state index contributed by atoms with van der Waals surface area (Å²) in [5.74, 6) is -2.77. The van der Waals surface area contributed by atoms with Crippen LogP contribution in [0.4, 0.5) is 18.0 Å². The van der Waals surface area contributed by atoms with E-state index in [0.29, 0.717) is 25.7 Å². The van der Waals surface area contributed by atoms with Gasteiger partial charge in [0, 0.05) is 31.5 Å². The van der Waals surface area contributed by atoms with Crippen molar-refractivity contribution in [3.8, 4) is 0 Å². The number of nitrogens with one attached hydrogen (secondary N) is 1. The number of carbonyl (C=O) groups excluding carboxylic acids is 2. The lowest BCUT2D eigenvalue weighted by Gasteiger charge is -2.36. The van der Waals surface area contributed by atoms with E-state index in [9.17, 15) is 22.8 Å². The Balaban J connectivity index is 0.000000360. The molecule has 0 aromatic carbocycles. The molecule has 4 rings (SSSR count). The molecule has 0 spiro atoms. The van der Waals surface area contributed by atoms with Crippen molar-refractivity contribution >= 4 is 17.9 Å². The minimum Gasteiger partial charge on any atom is -0.475 e. The van der Waals surface area contributed by atoms with Crippen LogP contribution < -0.4 is 5.32 Å². The minimum absolute atomic E-state index is 0.0175. The van der Waals surface area contributed by atoms with E-state index in [4.69, 9.17) is 14.6 Å². The third kappa shape index (κ3) is 6.09. The number of pyridine rings is 1. The predicted molar refractivity (Wildman–Crippen MR) is 104 cm³/mol. The van der Waals surface area contributed by atoms with Gasteiger partial charge in [-0.2, -0.15) is 13.2 Å². The quantitative estimate of drug-likeness (QED) is 0.714. The van der Waals surface area contributed by atoms with Crippen molar-refractivity contribution in [2.45, 2.75) is 56.6 Å². The van der Waals surface area contributed by atoms with Crippen molar-refractivity contribution in [3.05, 3.63) is 30.1 Å². The highest BCUT2D eigenvalue weighted by Crippen LogP contribution is 2.26. The van der Waals surface area contributed by atoms with E-state index in [-0.39, 0.29) is 30.7 Å². The van der Waals surface area contributed by atoms with Gasteiger partial charge in [0.2, 0.25) is 5.91 Å². The first-order valence-corrected chi connectivity index (χ1v) is 10.3. The number of likely N-dealkylation sites (tertiary alicyclic amines) is 1. The molecule has 3 amide bonds. The number of ether oxygens (including phenoxy) is 1. The number of amides is 3. The van der Waals surface area contributed by atoms with E-state index in [1.54, 1.807) is 17.3 Å². The van der Waals surface area contributed by atoms with Crippen molar-refractivity contribution in [3.63, 3.8) is 0 Å². The number of urea groups is 1. The summed E-state index contributed by atoms with van der Waals surface area (Å²) in [7, 11) is 0. The Morgan fingerprint density at radius 2 is 1.81 bits per heavy atom. The number of aromatic nitrogens is 1. The van der Waals surface area contributed by atoms with Gasteiger partial charge in [-0.25, -0.2) is 9.59 Å². The second-order valence-corrected chi connectivity index (χ2v) is 7.93. The van der Waals surface area contributed by atoms with E-state index in [1.807, 2.05) is 17.0 Å². The number of aliphatic carboxylic acids is 1. The molecule has 0 radical (unpaired) electrons. The molecule has 12 heteroatoms. The smallest absolute Gasteiger partial charge is 0.475 e. The number of fused-ring (bicyclic) bond motifs is 1. The highest BCUT2D eigenvalue weighted by atomic mass is 19.4. The number of hydrogen-bond acceptors (Lipinski definition) is 5. The van der Waals surface area contributed by atoms with Gasteiger partial charge in [-0.3, -0.25) is 9.78 Å². The van der Waals surface area contributed by atoms with Gasteiger partial charge in [-0.1, -0.05) is 12.8 Å². The minimum atomic E-state index is -5.08. The third-order valence-corrected chi connectivity index (χ3v) is 5.69. The van der Waals surface area contributed by atoms with Crippen molar-refractivity contribution in [1.29, 1.82) is 0 Å². The largest absolute Gasteiger partial charge is 0.490 e. The number of halogens is 3. The highest BCUT2D eigenvalue weighted by Gasteiger charge is 2.44. The predicted octanol–water partition coefficient (Wildman–Crippen LogP) is 1.78. The van der Waals surface area contributed by atoms with E-state index < -0.39 is 12.1 Å².